The number of allylic oxidation sites excluding steroid dienone is 2. The van der Waals surface area contributed by atoms with Crippen LogP contribution in [0, 0.1) is 0 Å². The molecule has 0 saturated carbocycles. The first-order valence-corrected chi connectivity index (χ1v) is 4.62. The second-order valence-corrected chi connectivity index (χ2v) is 2.18. The summed E-state index contributed by atoms with van der Waals surface area (Å²) in [5.41, 5.74) is 6.58. The molecule has 0 aliphatic heterocycles. The van der Waals surface area contributed by atoms with E-state index >= 15 is 0 Å². The third-order valence-corrected chi connectivity index (χ3v) is 1.53. The van der Waals surface area contributed by atoms with Crippen molar-refractivity contribution >= 4 is 0 Å². The monoisotopic (exact) mass is 182 g/mol. The Morgan fingerprint density at radius 1 is 1.46 bits per heavy atom. The third kappa shape index (κ3) is 6.31. The van der Waals surface area contributed by atoms with Crippen molar-refractivity contribution in [1.29, 1.82) is 0 Å². The number of likely N-dealkylation sites (N-methyl/N-ethyl adjacent to an activating group) is 1. The molecule has 0 heterocycles. The van der Waals surface area contributed by atoms with Gasteiger partial charge in [-0.2, -0.15) is 0 Å². The van der Waals surface area contributed by atoms with Gasteiger partial charge in [0.2, 0.25) is 0 Å². The van der Waals surface area contributed by atoms with Gasteiger partial charge in [0.1, 0.15) is 0 Å². The van der Waals surface area contributed by atoms with Crippen LogP contribution in [-0.2, 0) is 0 Å². The Kier molecular flexibility index (Phi) is 12.6. The maximum atomic E-state index is 5.50. The highest BCUT2D eigenvalue weighted by Crippen LogP contribution is 2.01. The summed E-state index contributed by atoms with van der Waals surface area (Å²) in [5.74, 6) is 0. The zero-order chi connectivity index (χ0) is 10.7. The normalized spacial score (nSPS) is 12.5. The van der Waals surface area contributed by atoms with Gasteiger partial charge in [0, 0.05) is 12.6 Å². The van der Waals surface area contributed by atoms with Gasteiger partial charge in [-0.05, 0) is 12.6 Å². The van der Waals surface area contributed by atoms with E-state index < -0.39 is 0 Å². The van der Waals surface area contributed by atoms with Crippen LogP contribution < -0.4 is 11.1 Å². The van der Waals surface area contributed by atoms with Gasteiger partial charge in [0.15, 0.2) is 0 Å². The second-order valence-electron chi connectivity index (χ2n) is 2.18. The minimum absolute atomic E-state index is 0.186. The molecule has 0 aromatic carbocycles. The zero-order valence-corrected chi connectivity index (χ0v) is 9.01. The topological polar surface area (TPSA) is 38.0 Å². The van der Waals surface area contributed by atoms with E-state index in [0.29, 0.717) is 6.54 Å². The van der Waals surface area contributed by atoms with Crippen LogP contribution >= 0.6 is 0 Å². The average Bonchev–Trinajstić information content (AvgIpc) is 2.21. The largest absolute Gasteiger partial charge is 0.329 e. The lowest BCUT2D eigenvalue weighted by atomic mass is 10.1. The molecule has 3 N–H and O–H groups in total. The Morgan fingerprint density at radius 3 is 2.23 bits per heavy atom. The van der Waals surface area contributed by atoms with Crippen molar-refractivity contribution in [2.24, 2.45) is 5.73 Å². The highest BCUT2D eigenvalue weighted by atomic mass is 14.9. The quantitative estimate of drug-likeness (QED) is 0.637. The summed E-state index contributed by atoms with van der Waals surface area (Å²) in [5, 5.41) is 3.08. The summed E-state index contributed by atoms with van der Waals surface area (Å²) in [4.78, 5) is 0. The number of nitrogens with one attached hydrogen (secondary N) is 1. The van der Waals surface area contributed by atoms with Gasteiger partial charge in [-0.15, -0.1) is 0 Å². The molecule has 0 aromatic rings. The van der Waals surface area contributed by atoms with Crippen LogP contribution in [0.5, 0.6) is 0 Å². The number of hydrogen-bond donors (Lipinski definition) is 2. The fourth-order valence-electron chi connectivity index (χ4n) is 0.883. The lowest BCUT2D eigenvalue weighted by molar-refractivity contribution is 0.656. The molecule has 0 rings (SSSR count). The van der Waals surface area contributed by atoms with Crippen LogP contribution in [0.15, 0.2) is 37.0 Å². The van der Waals surface area contributed by atoms with Crippen LogP contribution in [-0.4, -0.2) is 19.6 Å². The van der Waals surface area contributed by atoms with Crippen LogP contribution in [0.25, 0.3) is 0 Å². The van der Waals surface area contributed by atoms with E-state index in [-0.39, 0.29) is 6.04 Å². The first-order chi connectivity index (χ1) is 6.29. The maximum absolute atomic E-state index is 5.50. The molecule has 0 fully saturated rings. The Balaban J connectivity index is 0. The molecule has 0 radical (unpaired) electrons. The summed E-state index contributed by atoms with van der Waals surface area (Å²) in [6.45, 7) is 11.9. The van der Waals surface area contributed by atoms with Crippen molar-refractivity contribution < 1.29 is 0 Å². The molecule has 13 heavy (non-hydrogen) atoms. The Labute approximate surface area is 82.2 Å². The summed E-state index contributed by atoms with van der Waals surface area (Å²) in [6, 6.07) is 0.186. The SMILES string of the molecule is C=C/C=C(\C=C)C(CN)NC.CC. The van der Waals surface area contributed by atoms with Crippen molar-refractivity contribution in [1.82, 2.24) is 5.32 Å². The molecular formula is C11H22N2. The smallest absolute Gasteiger partial charge is 0.0441 e. The van der Waals surface area contributed by atoms with Crippen molar-refractivity contribution in [3.8, 4) is 0 Å². The molecule has 0 aliphatic rings. The van der Waals surface area contributed by atoms with Crippen molar-refractivity contribution in [2.75, 3.05) is 13.6 Å². The van der Waals surface area contributed by atoms with Crippen LogP contribution in [0.4, 0.5) is 0 Å². The van der Waals surface area contributed by atoms with E-state index in [0.717, 1.165) is 5.57 Å². The van der Waals surface area contributed by atoms with Crippen molar-refractivity contribution in [2.45, 2.75) is 19.9 Å². The summed E-state index contributed by atoms with van der Waals surface area (Å²) in [6.07, 6.45) is 5.42. The zero-order valence-electron chi connectivity index (χ0n) is 9.01. The minimum atomic E-state index is 0.186. The van der Waals surface area contributed by atoms with E-state index in [1.54, 1.807) is 12.2 Å². The first-order valence-electron chi connectivity index (χ1n) is 4.62. The molecule has 0 aromatic heterocycles. The van der Waals surface area contributed by atoms with Gasteiger partial charge in [-0.1, -0.05) is 45.2 Å². The first kappa shape index (κ1) is 14.7. The Morgan fingerprint density at radius 2 is 2.00 bits per heavy atom. The van der Waals surface area contributed by atoms with Crippen LogP contribution in [0.1, 0.15) is 13.8 Å². The number of rotatable bonds is 5. The van der Waals surface area contributed by atoms with Crippen molar-refractivity contribution in [3.63, 3.8) is 0 Å². The molecule has 0 bridgehead atoms. The summed E-state index contributed by atoms with van der Waals surface area (Å²) >= 11 is 0. The predicted molar refractivity (Wildman–Crippen MR) is 61.7 cm³/mol. The third-order valence-electron chi connectivity index (χ3n) is 1.53. The van der Waals surface area contributed by atoms with Gasteiger partial charge in [0.05, 0.1) is 0 Å². The molecule has 0 spiro atoms. The maximum Gasteiger partial charge on any atom is 0.0441 e. The van der Waals surface area contributed by atoms with Crippen LogP contribution in [0.2, 0.25) is 0 Å². The van der Waals surface area contributed by atoms with E-state index in [4.69, 9.17) is 5.73 Å². The van der Waals surface area contributed by atoms with Gasteiger partial charge < -0.3 is 11.1 Å². The number of hydrogen-bond acceptors (Lipinski definition) is 2. The van der Waals surface area contributed by atoms with Crippen LogP contribution in [0.3, 0.4) is 0 Å². The van der Waals surface area contributed by atoms with E-state index in [2.05, 4.69) is 18.5 Å². The van der Waals surface area contributed by atoms with E-state index in [9.17, 15) is 0 Å². The standard InChI is InChI=1S/C9H16N2.C2H6/c1-4-6-8(5-2)9(7-10)11-3;1-2/h4-6,9,11H,1-2,7,10H2,3H3;1-2H3/b8-6+;. The average molecular weight is 182 g/mol. The predicted octanol–water partition coefficient (Wildman–Crippen LogP) is 1.86. The summed E-state index contributed by atoms with van der Waals surface area (Å²) in [7, 11) is 1.87. The molecule has 76 valence electrons. The highest BCUT2D eigenvalue weighted by Gasteiger charge is 2.04. The molecule has 0 saturated heterocycles. The molecule has 2 nitrogen and oxygen atoms in total. The van der Waals surface area contributed by atoms with Crippen molar-refractivity contribution in [3.05, 3.63) is 37.0 Å². The van der Waals surface area contributed by atoms with Gasteiger partial charge in [0.25, 0.3) is 0 Å². The Bertz CT molecular complexity index is 155. The molecule has 0 aliphatic carbocycles. The summed E-state index contributed by atoms with van der Waals surface area (Å²) < 4.78 is 0. The van der Waals surface area contributed by atoms with E-state index in [1.165, 1.54) is 0 Å². The lowest BCUT2D eigenvalue weighted by Crippen LogP contribution is -2.34. The number of nitrogens with two attached hydrogens (primary N) is 1. The van der Waals surface area contributed by atoms with Gasteiger partial charge in [-0.3, -0.25) is 0 Å². The van der Waals surface area contributed by atoms with Gasteiger partial charge >= 0.3 is 0 Å². The van der Waals surface area contributed by atoms with Gasteiger partial charge in [-0.25, -0.2) is 0 Å². The Hall–Kier alpha value is -0.860. The molecule has 1 unspecified atom stereocenters. The van der Waals surface area contributed by atoms with E-state index in [1.807, 2.05) is 27.0 Å². The second kappa shape index (κ2) is 11.1. The highest BCUT2D eigenvalue weighted by molar-refractivity contribution is 5.26. The molecule has 0 amide bonds. The fourth-order valence-corrected chi connectivity index (χ4v) is 0.883. The minimum Gasteiger partial charge on any atom is -0.329 e. The fraction of sp³-hybridized carbons (Fsp3) is 0.455. The lowest BCUT2D eigenvalue weighted by Gasteiger charge is -2.13. The molecular weight excluding hydrogens is 160 g/mol. The molecule has 1 atom stereocenters. The molecule has 2 heteroatoms.